The number of aromatic hydroxyl groups is 1. The molecule has 6 aliphatic rings. The lowest BCUT2D eigenvalue weighted by Gasteiger charge is -2.67. The standard InChI is InChI=1S/C33H43N7O/c1-21-30-26-12-28(25-4-2-3-5-29(25)41)36-37-31(26)35-27(30)8-11-40(21)22-6-9-38(10-7-22)23-15-33(16-23)19-39(20-33)24-13-32(14-24)17-34-18-32/h2-5,12,21-24,34,41H,6-11,13-20H2,1H3,(H,35,37)/t21-/m1/s1. The van der Waals surface area contributed by atoms with Gasteiger partial charge in [0, 0.05) is 80.0 Å². The lowest BCUT2D eigenvalue weighted by molar-refractivity contribution is -0.163. The second-order valence-electron chi connectivity index (χ2n) is 14.6. The third-order valence-electron chi connectivity index (χ3n) is 12.1. The van der Waals surface area contributed by atoms with E-state index in [-0.39, 0.29) is 5.75 Å². The number of H-pyrrole nitrogens is 1. The summed E-state index contributed by atoms with van der Waals surface area (Å²) in [6, 6.07) is 12.2. The summed E-state index contributed by atoms with van der Waals surface area (Å²) in [5, 5.41) is 24.0. The average Bonchev–Trinajstić information content (AvgIpc) is 3.26. The molecule has 216 valence electrons. The minimum atomic E-state index is 0.247. The number of likely N-dealkylation sites (tertiary alicyclic amines) is 2. The van der Waals surface area contributed by atoms with Crippen LogP contribution in [0.3, 0.4) is 0 Å². The molecule has 2 aromatic heterocycles. The number of aromatic amines is 1. The zero-order chi connectivity index (χ0) is 27.3. The Morgan fingerprint density at radius 2 is 1.61 bits per heavy atom. The van der Waals surface area contributed by atoms with Crippen molar-refractivity contribution in [2.24, 2.45) is 10.8 Å². The summed E-state index contributed by atoms with van der Waals surface area (Å²) in [5.41, 5.74) is 6.37. The molecular weight excluding hydrogens is 510 g/mol. The van der Waals surface area contributed by atoms with Gasteiger partial charge in [-0.25, -0.2) is 0 Å². The van der Waals surface area contributed by atoms with Gasteiger partial charge in [0.1, 0.15) is 5.75 Å². The number of benzene rings is 1. The second-order valence-corrected chi connectivity index (χ2v) is 14.6. The number of phenolic OH excluding ortho intramolecular Hbond substituents is 1. The summed E-state index contributed by atoms with van der Waals surface area (Å²) < 4.78 is 0. The van der Waals surface area contributed by atoms with E-state index in [1.165, 1.54) is 89.1 Å². The molecule has 9 rings (SSSR count). The van der Waals surface area contributed by atoms with E-state index in [4.69, 9.17) is 0 Å². The fourth-order valence-corrected chi connectivity index (χ4v) is 9.74. The Morgan fingerprint density at radius 3 is 2.34 bits per heavy atom. The molecule has 0 radical (unpaired) electrons. The molecule has 3 aromatic rings. The average molecular weight is 554 g/mol. The van der Waals surface area contributed by atoms with Gasteiger partial charge in [-0.05, 0) is 93.1 Å². The lowest BCUT2D eigenvalue weighted by Crippen LogP contribution is -2.73. The number of para-hydroxylation sites is 1. The smallest absolute Gasteiger partial charge is 0.160 e. The van der Waals surface area contributed by atoms with Gasteiger partial charge in [0.15, 0.2) is 5.65 Å². The van der Waals surface area contributed by atoms with Crippen molar-refractivity contribution in [3.05, 3.63) is 41.6 Å². The molecule has 8 heteroatoms. The van der Waals surface area contributed by atoms with Crippen LogP contribution < -0.4 is 5.32 Å². The van der Waals surface area contributed by atoms with Gasteiger partial charge in [0.2, 0.25) is 0 Å². The van der Waals surface area contributed by atoms with Crippen molar-refractivity contribution < 1.29 is 5.11 Å². The molecule has 8 nitrogen and oxygen atoms in total. The lowest BCUT2D eigenvalue weighted by atomic mass is 9.56. The Bertz CT molecular complexity index is 1470. The molecule has 1 aromatic carbocycles. The van der Waals surface area contributed by atoms with E-state index in [2.05, 4.69) is 48.2 Å². The van der Waals surface area contributed by atoms with Gasteiger partial charge in [-0.1, -0.05) is 12.1 Å². The van der Waals surface area contributed by atoms with Crippen LogP contribution in [0.4, 0.5) is 0 Å². The molecule has 41 heavy (non-hydrogen) atoms. The van der Waals surface area contributed by atoms with Crippen molar-refractivity contribution in [1.29, 1.82) is 0 Å². The van der Waals surface area contributed by atoms with Crippen molar-refractivity contribution in [2.45, 2.75) is 76.0 Å². The fourth-order valence-electron chi connectivity index (χ4n) is 9.74. The highest BCUT2D eigenvalue weighted by atomic mass is 16.3. The van der Waals surface area contributed by atoms with E-state index in [0.717, 1.165) is 47.3 Å². The summed E-state index contributed by atoms with van der Waals surface area (Å²) in [4.78, 5) is 12.0. The number of piperidine rings is 1. The Morgan fingerprint density at radius 1 is 0.878 bits per heavy atom. The van der Waals surface area contributed by atoms with Crippen molar-refractivity contribution in [3.63, 3.8) is 0 Å². The maximum Gasteiger partial charge on any atom is 0.160 e. The highest BCUT2D eigenvalue weighted by molar-refractivity contribution is 5.86. The van der Waals surface area contributed by atoms with E-state index in [0.29, 0.717) is 22.9 Å². The van der Waals surface area contributed by atoms with Crippen molar-refractivity contribution in [3.8, 4) is 17.0 Å². The molecule has 3 N–H and O–H groups in total. The minimum Gasteiger partial charge on any atom is -0.507 e. The molecule has 6 heterocycles. The molecule has 1 atom stereocenters. The monoisotopic (exact) mass is 553 g/mol. The van der Waals surface area contributed by atoms with E-state index in [1.54, 1.807) is 6.07 Å². The van der Waals surface area contributed by atoms with Crippen LogP contribution >= 0.6 is 0 Å². The number of rotatable bonds is 4. The Labute approximate surface area is 242 Å². The van der Waals surface area contributed by atoms with Crippen LogP contribution in [0.2, 0.25) is 0 Å². The van der Waals surface area contributed by atoms with Crippen LogP contribution in [0.1, 0.15) is 62.7 Å². The third kappa shape index (κ3) is 3.87. The van der Waals surface area contributed by atoms with E-state index in [1.807, 2.05) is 18.2 Å². The van der Waals surface area contributed by atoms with E-state index in [9.17, 15) is 5.11 Å². The van der Waals surface area contributed by atoms with Gasteiger partial charge in [0.05, 0.1) is 5.69 Å². The normalized spacial score (nSPS) is 30.1. The van der Waals surface area contributed by atoms with Gasteiger partial charge in [0.25, 0.3) is 0 Å². The first kappa shape index (κ1) is 25.0. The molecule has 3 saturated heterocycles. The highest BCUT2D eigenvalue weighted by Gasteiger charge is 2.59. The summed E-state index contributed by atoms with van der Waals surface area (Å²) >= 11 is 0. The molecule has 5 fully saturated rings. The summed E-state index contributed by atoms with van der Waals surface area (Å²) in [5.74, 6) is 0.247. The predicted octanol–water partition coefficient (Wildman–Crippen LogP) is 3.93. The summed E-state index contributed by atoms with van der Waals surface area (Å²) in [6.07, 6.45) is 9.36. The number of hydrogen-bond donors (Lipinski definition) is 3. The molecule has 0 amide bonds. The number of nitrogens with zero attached hydrogens (tertiary/aromatic N) is 5. The quantitative estimate of drug-likeness (QED) is 0.452. The number of hydrogen-bond acceptors (Lipinski definition) is 7. The maximum absolute atomic E-state index is 10.4. The third-order valence-corrected chi connectivity index (χ3v) is 12.1. The Hall–Kier alpha value is -2.52. The van der Waals surface area contributed by atoms with Crippen LogP contribution in [-0.2, 0) is 6.42 Å². The first-order valence-electron chi connectivity index (χ1n) is 16.1. The highest BCUT2D eigenvalue weighted by Crippen LogP contribution is 2.55. The second kappa shape index (κ2) is 8.99. The molecule has 2 saturated carbocycles. The van der Waals surface area contributed by atoms with Crippen molar-refractivity contribution in [2.75, 3.05) is 45.8 Å². The molecular formula is C33H43N7O. The number of fused-ring (bicyclic) bond motifs is 3. The van der Waals surface area contributed by atoms with E-state index >= 15 is 0 Å². The largest absolute Gasteiger partial charge is 0.507 e. The minimum absolute atomic E-state index is 0.247. The topological polar surface area (TPSA) is 83.5 Å². The zero-order valence-electron chi connectivity index (χ0n) is 24.3. The molecule has 0 unspecified atom stereocenters. The van der Waals surface area contributed by atoms with Gasteiger partial charge in [-0.15, -0.1) is 10.2 Å². The molecule has 2 spiro atoms. The van der Waals surface area contributed by atoms with Crippen LogP contribution in [-0.4, -0.2) is 98.9 Å². The van der Waals surface area contributed by atoms with Crippen molar-refractivity contribution >= 4 is 11.0 Å². The van der Waals surface area contributed by atoms with Crippen LogP contribution in [0, 0.1) is 10.8 Å². The number of nitrogens with one attached hydrogen (secondary N) is 2. The predicted molar refractivity (Wildman–Crippen MR) is 160 cm³/mol. The van der Waals surface area contributed by atoms with Gasteiger partial charge >= 0.3 is 0 Å². The number of phenols is 1. The summed E-state index contributed by atoms with van der Waals surface area (Å²) in [6.45, 7) is 11.3. The van der Waals surface area contributed by atoms with Gasteiger partial charge < -0.3 is 20.3 Å². The maximum atomic E-state index is 10.4. The van der Waals surface area contributed by atoms with Crippen LogP contribution in [0.15, 0.2) is 30.3 Å². The first-order chi connectivity index (χ1) is 20.0. The van der Waals surface area contributed by atoms with Gasteiger partial charge in [-0.2, -0.15) is 0 Å². The molecule has 4 aliphatic heterocycles. The Kier molecular flexibility index (Phi) is 5.49. The van der Waals surface area contributed by atoms with Crippen LogP contribution in [0.5, 0.6) is 5.75 Å². The zero-order valence-corrected chi connectivity index (χ0v) is 24.3. The summed E-state index contributed by atoms with van der Waals surface area (Å²) in [7, 11) is 0. The van der Waals surface area contributed by atoms with E-state index < -0.39 is 0 Å². The Balaban J connectivity index is 0.826. The van der Waals surface area contributed by atoms with Gasteiger partial charge in [-0.3, -0.25) is 9.80 Å². The first-order valence-corrected chi connectivity index (χ1v) is 16.1. The van der Waals surface area contributed by atoms with Crippen molar-refractivity contribution in [1.82, 2.24) is 35.2 Å². The van der Waals surface area contributed by atoms with Crippen LogP contribution in [0.25, 0.3) is 22.3 Å². The number of aromatic nitrogens is 3. The SMILES string of the molecule is C[C@@H]1c2c([nH]c3nnc(-c4ccccc4O)cc23)CCN1C1CCN(C2CC3(C2)CN(C2CC4(CNC4)C2)C3)CC1. The fraction of sp³-hybridized carbons (Fsp3) is 0.636. The molecule has 2 aliphatic carbocycles. The molecule has 0 bridgehead atoms.